The van der Waals surface area contributed by atoms with Gasteiger partial charge in [0.25, 0.3) is 0 Å². The van der Waals surface area contributed by atoms with Gasteiger partial charge >= 0.3 is 0 Å². The van der Waals surface area contributed by atoms with E-state index in [0.29, 0.717) is 5.56 Å². The first-order chi connectivity index (χ1) is 30.8. The zero-order valence-electron chi connectivity index (χ0n) is 39.1. The van der Waals surface area contributed by atoms with Crippen LogP contribution in [0.4, 0.5) is 11.4 Å². The average Bonchev–Trinajstić information content (AvgIpc) is 3.53. The maximum atomic E-state index is 10.4. The highest BCUT2D eigenvalue weighted by Gasteiger charge is 2.39. The summed E-state index contributed by atoms with van der Waals surface area (Å²) in [5.41, 5.74) is 22.9. The van der Waals surface area contributed by atoms with Gasteiger partial charge in [0.05, 0.1) is 16.9 Å². The zero-order valence-corrected chi connectivity index (χ0v) is 39.1. The highest BCUT2D eigenvalue weighted by molar-refractivity contribution is 5.96. The van der Waals surface area contributed by atoms with Crippen molar-refractivity contribution < 1.29 is 0 Å². The standard InChI is InChI=1S/C39H34N2.C15H18.C8H10/c1-8-15-30(9-2)41(36-21-19-28(23-29(36)25-40)27-16-13-12-14-17-27)37-24-35-38(32(11-4)31(37)10-3)33-20-18-26(5)22-34(33)39(35,6)7;1-11-8-6-10-15(13(11)3)14-9-5-4-7-12(14)2;1-7-3-5-8(2)6-4-7/h8-24H,1-4H2,5-7H3;4-5,7-9H,6,10H2,1-3H3;3-6H,1-2H3/b30-15+;;. The second-order valence-electron chi connectivity index (χ2n) is 17.3. The van der Waals surface area contributed by atoms with Crippen molar-refractivity contribution in [1.29, 1.82) is 5.26 Å². The number of nitrogens with zero attached hydrogens (tertiary/aromatic N) is 2. The van der Waals surface area contributed by atoms with Crippen LogP contribution in [-0.2, 0) is 5.41 Å². The van der Waals surface area contributed by atoms with Crippen molar-refractivity contribution in [2.45, 2.75) is 73.6 Å². The van der Waals surface area contributed by atoms with E-state index in [1.165, 1.54) is 79.6 Å². The number of hydrogen-bond acceptors (Lipinski definition) is 2. The predicted octanol–water partition coefficient (Wildman–Crippen LogP) is 17.3. The number of nitriles is 1. The van der Waals surface area contributed by atoms with Crippen LogP contribution < -0.4 is 4.90 Å². The summed E-state index contributed by atoms with van der Waals surface area (Å²) in [4.78, 5) is 2.09. The number of fused-ring (bicyclic) bond motifs is 3. The minimum absolute atomic E-state index is 0.236. The number of anilines is 2. The first-order valence-corrected chi connectivity index (χ1v) is 22.2. The SMILES string of the molecule is C=C/C=C(\C=C)N(c1ccc(-c2ccccc2)cc1C#N)c1cc2c(c(C=C)c1C=C)-c1ccc(C)cc1C2(C)C.CC1=CCCC(c2ccccc2C)=C1C.Cc1ccc(C)cc1. The van der Waals surface area contributed by atoms with E-state index in [-0.39, 0.29) is 5.41 Å². The van der Waals surface area contributed by atoms with Crippen molar-refractivity contribution >= 4 is 29.1 Å². The van der Waals surface area contributed by atoms with E-state index in [9.17, 15) is 5.26 Å². The third-order valence-electron chi connectivity index (χ3n) is 12.6. The van der Waals surface area contributed by atoms with Gasteiger partial charge in [0.2, 0.25) is 0 Å². The predicted molar refractivity (Wildman–Crippen MR) is 279 cm³/mol. The molecular formula is C62H62N2. The molecule has 320 valence electrons. The number of aryl methyl sites for hydroxylation is 4. The fraction of sp³-hybridized carbons (Fsp3) is 0.177. The monoisotopic (exact) mass is 834 g/mol. The van der Waals surface area contributed by atoms with Gasteiger partial charge in [-0.3, -0.25) is 0 Å². The Bertz CT molecular complexity index is 2850. The molecule has 0 saturated heterocycles. The van der Waals surface area contributed by atoms with Crippen molar-refractivity contribution in [3.05, 3.63) is 244 Å². The largest absolute Gasteiger partial charge is 0.309 e. The molecule has 2 heteroatoms. The third-order valence-corrected chi connectivity index (χ3v) is 12.6. The number of hydrogen-bond donors (Lipinski definition) is 0. The number of allylic oxidation sites excluding steroid dienone is 7. The van der Waals surface area contributed by atoms with Crippen molar-refractivity contribution in [3.63, 3.8) is 0 Å². The van der Waals surface area contributed by atoms with Gasteiger partial charge < -0.3 is 4.90 Å². The molecule has 0 spiro atoms. The van der Waals surface area contributed by atoms with Gasteiger partial charge in [-0.2, -0.15) is 5.26 Å². The second-order valence-corrected chi connectivity index (χ2v) is 17.3. The van der Waals surface area contributed by atoms with E-state index in [1.807, 2.05) is 48.6 Å². The van der Waals surface area contributed by atoms with Crippen LogP contribution in [0, 0.1) is 39.0 Å². The highest BCUT2D eigenvalue weighted by atomic mass is 15.2. The van der Waals surface area contributed by atoms with Crippen LogP contribution in [0.5, 0.6) is 0 Å². The van der Waals surface area contributed by atoms with Crippen LogP contribution in [0.1, 0.15) is 96.2 Å². The molecule has 2 aliphatic rings. The smallest absolute Gasteiger partial charge is 0.101 e. The molecule has 0 fully saturated rings. The van der Waals surface area contributed by atoms with Gasteiger partial charge in [0, 0.05) is 16.7 Å². The summed E-state index contributed by atoms with van der Waals surface area (Å²) in [6.07, 6.45) is 14.0. The maximum Gasteiger partial charge on any atom is 0.101 e. The molecule has 0 aromatic heterocycles. The molecule has 64 heavy (non-hydrogen) atoms. The number of rotatable bonds is 9. The van der Waals surface area contributed by atoms with Gasteiger partial charge in [0.15, 0.2) is 0 Å². The molecule has 8 rings (SSSR count). The van der Waals surface area contributed by atoms with Crippen molar-refractivity contribution in [1.82, 2.24) is 0 Å². The number of benzene rings is 6. The van der Waals surface area contributed by atoms with Gasteiger partial charge in [-0.05, 0) is 146 Å². The Morgan fingerprint density at radius 3 is 1.89 bits per heavy atom. The van der Waals surface area contributed by atoms with Gasteiger partial charge in [0.1, 0.15) is 6.07 Å². The highest BCUT2D eigenvalue weighted by Crippen LogP contribution is 2.54. The topological polar surface area (TPSA) is 27.0 Å². The molecule has 6 aromatic carbocycles. The summed E-state index contributed by atoms with van der Waals surface area (Å²) in [7, 11) is 0. The molecule has 0 amide bonds. The third kappa shape index (κ3) is 9.56. The van der Waals surface area contributed by atoms with E-state index in [0.717, 1.165) is 39.3 Å². The molecule has 6 aromatic rings. The lowest BCUT2D eigenvalue weighted by molar-refractivity contribution is 0.659. The Hall–Kier alpha value is -7.21. The molecule has 2 nitrogen and oxygen atoms in total. The minimum Gasteiger partial charge on any atom is -0.309 e. The Balaban J connectivity index is 0.000000239. The summed E-state index contributed by atoms with van der Waals surface area (Å²) in [6.45, 7) is 34.1. The fourth-order valence-corrected chi connectivity index (χ4v) is 8.93. The van der Waals surface area contributed by atoms with Crippen LogP contribution in [-0.4, -0.2) is 0 Å². The minimum atomic E-state index is -0.236. The van der Waals surface area contributed by atoms with Crippen molar-refractivity contribution in [2.24, 2.45) is 0 Å². The average molecular weight is 835 g/mol. The van der Waals surface area contributed by atoms with Gasteiger partial charge in [-0.1, -0.05) is 190 Å². The summed E-state index contributed by atoms with van der Waals surface area (Å²) < 4.78 is 0. The fourth-order valence-electron chi connectivity index (χ4n) is 8.93. The second kappa shape index (κ2) is 20.3. The van der Waals surface area contributed by atoms with E-state index < -0.39 is 0 Å². The lowest BCUT2D eigenvalue weighted by atomic mass is 9.80. The Labute approximate surface area is 384 Å². The van der Waals surface area contributed by atoms with Crippen LogP contribution in [0.15, 0.2) is 189 Å². The first-order valence-electron chi connectivity index (χ1n) is 22.2. The zero-order chi connectivity index (χ0) is 46.1. The van der Waals surface area contributed by atoms with Crippen LogP contribution >= 0.6 is 0 Å². The summed E-state index contributed by atoms with van der Waals surface area (Å²) in [5, 5.41) is 10.4. The molecule has 0 unspecified atom stereocenters. The summed E-state index contributed by atoms with van der Waals surface area (Å²) >= 11 is 0. The summed E-state index contributed by atoms with van der Waals surface area (Å²) in [6, 6.07) is 44.7. The molecule has 0 heterocycles. The molecule has 0 atom stereocenters. The van der Waals surface area contributed by atoms with Gasteiger partial charge in [-0.25, -0.2) is 0 Å². The first kappa shape index (κ1) is 46.3. The van der Waals surface area contributed by atoms with E-state index >= 15 is 0 Å². The molecule has 0 N–H and O–H groups in total. The van der Waals surface area contributed by atoms with Gasteiger partial charge in [-0.15, -0.1) is 0 Å². The Morgan fingerprint density at radius 2 is 1.28 bits per heavy atom. The van der Waals surface area contributed by atoms with E-state index in [1.54, 1.807) is 12.2 Å². The molecule has 2 aliphatic carbocycles. The lowest BCUT2D eigenvalue weighted by Gasteiger charge is -2.32. The van der Waals surface area contributed by atoms with Crippen LogP contribution in [0.3, 0.4) is 0 Å². The Kier molecular flexibility index (Phi) is 14.7. The molecule has 0 radical (unpaired) electrons. The quantitative estimate of drug-likeness (QED) is 0.136. The van der Waals surface area contributed by atoms with Crippen LogP contribution in [0.25, 0.3) is 40.0 Å². The Morgan fingerprint density at radius 1 is 0.641 bits per heavy atom. The van der Waals surface area contributed by atoms with E-state index in [2.05, 4.69) is 190 Å². The van der Waals surface area contributed by atoms with E-state index in [4.69, 9.17) is 0 Å². The van der Waals surface area contributed by atoms with Crippen LogP contribution in [0.2, 0.25) is 0 Å². The molecule has 0 aliphatic heterocycles. The summed E-state index contributed by atoms with van der Waals surface area (Å²) in [5.74, 6) is 0. The normalized spacial score (nSPS) is 13.4. The molecular weight excluding hydrogens is 773 g/mol. The van der Waals surface area contributed by atoms with Crippen molar-refractivity contribution in [2.75, 3.05) is 4.90 Å². The lowest BCUT2D eigenvalue weighted by Crippen LogP contribution is -2.20. The maximum absolute atomic E-state index is 10.4. The molecule has 0 bridgehead atoms. The van der Waals surface area contributed by atoms with Crippen molar-refractivity contribution in [3.8, 4) is 28.3 Å². The molecule has 0 saturated carbocycles.